The van der Waals surface area contributed by atoms with Crippen LogP contribution in [-0.4, -0.2) is 25.0 Å². The average Bonchev–Trinajstić information content (AvgIpc) is 2.63. The van der Waals surface area contributed by atoms with Gasteiger partial charge in [-0.25, -0.2) is 4.79 Å². The summed E-state index contributed by atoms with van der Waals surface area (Å²) in [7, 11) is 1.12. The van der Waals surface area contributed by atoms with E-state index in [4.69, 9.17) is 0 Å². The predicted octanol–water partition coefficient (Wildman–Crippen LogP) is 1.10. The molecule has 0 radical (unpaired) electrons. The number of carbonyl (C=O) groups excluding carboxylic acids is 2. The van der Waals surface area contributed by atoms with Crippen LogP contribution in [0.5, 0.6) is 0 Å². The Balaban J connectivity index is 2.88. The van der Waals surface area contributed by atoms with Gasteiger partial charge >= 0.3 is 5.97 Å². The molecule has 0 amide bonds. The van der Waals surface area contributed by atoms with Gasteiger partial charge in [-0.05, 0) is 36.0 Å². The van der Waals surface area contributed by atoms with Gasteiger partial charge in [0.05, 0.1) is 7.11 Å². The van der Waals surface area contributed by atoms with E-state index in [0.717, 1.165) is 20.0 Å². The van der Waals surface area contributed by atoms with Crippen molar-refractivity contribution in [1.29, 1.82) is 0 Å². The van der Waals surface area contributed by atoms with Gasteiger partial charge in [-0.15, -0.1) is 0 Å². The van der Waals surface area contributed by atoms with Crippen molar-refractivity contribution in [3.05, 3.63) is 0 Å². The zero-order valence-corrected chi connectivity index (χ0v) is 12.3. The number of esters is 1. The molecule has 1 fully saturated rings. The molecule has 1 rings (SSSR count). The summed E-state index contributed by atoms with van der Waals surface area (Å²) in [5.74, 6) is -1.52. The summed E-state index contributed by atoms with van der Waals surface area (Å²) < 4.78 is 4.37. The van der Waals surface area contributed by atoms with E-state index in [9.17, 15) is 14.8 Å². The molecular formula is C14H23O5-. The maximum atomic E-state index is 11.8. The maximum Gasteiger partial charge on any atom is 0.377 e. The Kier molecular flexibility index (Phi) is 5.10. The lowest BCUT2D eigenvalue weighted by Gasteiger charge is -2.38. The number of carbonyl (C=O) groups is 2. The molecular weight excluding hydrogens is 248 g/mol. The molecule has 0 saturated heterocycles. The number of hydrogen-bond donors (Lipinski definition) is 0. The maximum absolute atomic E-state index is 11.8. The minimum absolute atomic E-state index is 0.0204. The Morgan fingerprint density at radius 2 is 1.89 bits per heavy atom. The summed E-state index contributed by atoms with van der Waals surface area (Å²) in [6.07, 6.45) is 0.728. The first-order valence-electron chi connectivity index (χ1n) is 6.68. The van der Waals surface area contributed by atoms with Crippen molar-refractivity contribution < 1.29 is 24.5 Å². The minimum Gasteiger partial charge on any atom is -0.723 e. The standard InChI is InChI=1S/C14H24O5/c1-8-6-7-10(14(8,3)4)9(2)12(19-17)11(15)13(16)18-5/h8-10,12,17H,6-7H2,1-5H3/p-1/t8-,9+,10-,12?/m1/s1. The van der Waals surface area contributed by atoms with E-state index in [0.29, 0.717) is 5.92 Å². The molecule has 0 aromatic rings. The second-order valence-corrected chi connectivity index (χ2v) is 6.14. The molecule has 1 aliphatic rings. The topological polar surface area (TPSA) is 75.7 Å². The zero-order valence-electron chi connectivity index (χ0n) is 12.3. The summed E-state index contributed by atoms with van der Waals surface area (Å²) in [5, 5.41) is 10.9. The van der Waals surface area contributed by atoms with Gasteiger partial charge in [0.15, 0.2) is 0 Å². The summed E-state index contributed by atoms with van der Waals surface area (Å²) in [5.41, 5.74) is 0.0204. The quantitative estimate of drug-likeness (QED) is 0.324. The van der Waals surface area contributed by atoms with Gasteiger partial charge in [0.25, 0.3) is 5.78 Å². The largest absolute Gasteiger partial charge is 0.723 e. The van der Waals surface area contributed by atoms with Gasteiger partial charge in [-0.1, -0.05) is 27.7 Å². The Labute approximate surface area is 114 Å². The molecule has 1 aliphatic carbocycles. The summed E-state index contributed by atoms with van der Waals surface area (Å²) in [6, 6.07) is 0. The number of methoxy groups -OCH3 is 1. The van der Waals surface area contributed by atoms with Crippen LogP contribution in [0.15, 0.2) is 0 Å². The van der Waals surface area contributed by atoms with Gasteiger partial charge in [0, 0.05) is 0 Å². The SMILES string of the molecule is COC(=O)C(=O)C(O[O-])[C@@H](C)[C@H]1CC[C@@H](C)C1(C)C. The molecule has 19 heavy (non-hydrogen) atoms. The van der Waals surface area contributed by atoms with Crippen molar-refractivity contribution >= 4 is 11.8 Å². The summed E-state index contributed by atoms with van der Waals surface area (Å²) in [4.78, 5) is 27.1. The van der Waals surface area contributed by atoms with Crippen LogP contribution in [-0.2, 0) is 19.2 Å². The van der Waals surface area contributed by atoms with Gasteiger partial charge < -0.3 is 14.9 Å². The fraction of sp³-hybridized carbons (Fsp3) is 0.857. The summed E-state index contributed by atoms with van der Waals surface area (Å²) in [6.45, 7) is 8.24. The van der Waals surface area contributed by atoms with Crippen LogP contribution in [0.2, 0.25) is 0 Å². The molecule has 0 N–H and O–H groups in total. The van der Waals surface area contributed by atoms with E-state index in [1.807, 2.05) is 0 Å². The van der Waals surface area contributed by atoms with Crippen LogP contribution >= 0.6 is 0 Å². The fourth-order valence-electron chi connectivity index (χ4n) is 3.28. The normalized spacial score (nSPS) is 28.7. The first-order valence-corrected chi connectivity index (χ1v) is 6.68. The van der Waals surface area contributed by atoms with Crippen LogP contribution in [0.1, 0.15) is 40.5 Å². The van der Waals surface area contributed by atoms with E-state index in [1.54, 1.807) is 6.92 Å². The average molecular weight is 271 g/mol. The van der Waals surface area contributed by atoms with E-state index in [1.165, 1.54) is 0 Å². The lowest BCUT2D eigenvalue weighted by Crippen LogP contribution is -2.44. The lowest BCUT2D eigenvalue weighted by atomic mass is 9.69. The van der Waals surface area contributed by atoms with Crippen molar-refractivity contribution in [2.24, 2.45) is 23.2 Å². The molecule has 0 aliphatic heterocycles. The predicted molar refractivity (Wildman–Crippen MR) is 66.7 cm³/mol. The first-order chi connectivity index (χ1) is 8.77. The highest BCUT2D eigenvalue weighted by molar-refractivity contribution is 6.35. The summed E-state index contributed by atoms with van der Waals surface area (Å²) >= 11 is 0. The molecule has 0 bridgehead atoms. The Hall–Kier alpha value is -0.940. The van der Waals surface area contributed by atoms with Gasteiger partial charge in [0.1, 0.15) is 6.10 Å². The highest BCUT2D eigenvalue weighted by atomic mass is 17.1. The number of ketones is 1. The van der Waals surface area contributed by atoms with Crippen molar-refractivity contribution in [1.82, 2.24) is 0 Å². The lowest BCUT2D eigenvalue weighted by molar-refractivity contribution is -0.700. The van der Waals surface area contributed by atoms with Crippen molar-refractivity contribution in [2.75, 3.05) is 7.11 Å². The number of hydrogen-bond acceptors (Lipinski definition) is 5. The number of ether oxygens (including phenoxy) is 1. The van der Waals surface area contributed by atoms with E-state index < -0.39 is 17.9 Å². The molecule has 0 heterocycles. The third-order valence-electron chi connectivity index (χ3n) is 5.00. The third-order valence-corrected chi connectivity index (χ3v) is 5.00. The van der Waals surface area contributed by atoms with Crippen LogP contribution < -0.4 is 5.26 Å². The van der Waals surface area contributed by atoms with E-state index >= 15 is 0 Å². The first kappa shape index (κ1) is 16.1. The Morgan fingerprint density at radius 1 is 1.32 bits per heavy atom. The van der Waals surface area contributed by atoms with Gasteiger partial charge in [0.2, 0.25) is 0 Å². The Morgan fingerprint density at radius 3 is 2.26 bits per heavy atom. The zero-order chi connectivity index (χ0) is 14.8. The highest BCUT2D eigenvalue weighted by Gasteiger charge is 2.46. The molecule has 1 saturated carbocycles. The molecule has 4 atom stereocenters. The molecule has 1 unspecified atom stereocenters. The van der Waals surface area contributed by atoms with Crippen molar-refractivity contribution in [3.63, 3.8) is 0 Å². The molecule has 5 heteroatoms. The van der Waals surface area contributed by atoms with Crippen LogP contribution in [0.25, 0.3) is 0 Å². The van der Waals surface area contributed by atoms with Crippen molar-refractivity contribution in [2.45, 2.75) is 46.6 Å². The second kappa shape index (κ2) is 6.01. The smallest absolute Gasteiger partial charge is 0.377 e. The van der Waals surface area contributed by atoms with Crippen LogP contribution in [0.4, 0.5) is 0 Å². The van der Waals surface area contributed by atoms with Crippen LogP contribution in [0.3, 0.4) is 0 Å². The van der Waals surface area contributed by atoms with E-state index in [2.05, 4.69) is 30.4 Å². The second-order valence-electron chi connectivity index (χ2n) is 6.14. The fourth-order valence-corrected chi connectivity index (χ4v) is 3.28. The monoisotopic (exact) mass is 271 g/mol. The van der Waals surface area contributed by atoms with Crippen LogP contribution in [0, 0.1) is 23.2 Å². The minimum atomic E-state index is -1.26. The Bertz CT molecular complexity index is 350. The van der Waals surface area contributed by atoms with Gasteiger partial charge in [-0.2, -0.15) is 0 Å². The molecule has 5 nitrogen and oxygen atoms in total. The molecule has 0 spiro atoms. The van der Waals surface area contributed by atoms with E-state index in [-0.39, 0.29) is 17.3 Å². The third kappa shape index (κ3) is 2.98. The highest BCUT2D eigenvalue weighted by Crippen LogP contribution is 2.51. The molecule has 0 aromatic carbocycles. The number of rotatable bonds is 5. The molecule has 110 valence electrons. The van der Waals surface area contributed by atoms with Crippen molar-refractivity contribution in [3.8, 4) is 0 Å². The molecule has 0 aromatic heterocycles. The van der Waals surface area contributed by atoms with Gasteiger partial charge in [-0.3, -0.25) is 4.79 Å². The number of Topliss-reactive ketones (excluding diaryl/α,β-unsaturated/α-hetero) is 1.